The van der Waals surface area contributed by atoms with Crippen LogP contribution in [0, 0.1) is 0 Å². The molecule has 0 radical (unpaired) electrons. The number of hydrogen-bond acceptors (Lipinski definition) is 3. The lowest BCUT2D eigenvalue weighted by Gasteiger charge is -2.26. The smallest absolute Gasteiger partial charge is 0.254 e. The summed E-state index contributed by atoms with van der Waals surface area (Å²) in [6, 6.07) is 14.5. The average Bonchev–Trinajstić information content (AvgIpc) is 2.80. The number of amides is 2. The van der Waals surface area contributed by atoms with Crippen LogP contribution in [0.3, 0.4) is 0 Å². The van der Waals surface area contributed by atoms with E-state index >= 15 is 0 Å². The first-order chi connectivity index (χ1) is 11.6. The van der Waals surface area contributed by atoms with E-state index in [4.69, 9.17) is 4.74 Å². The molecule has 0 saturated heterocycles. The van der Waals surface area contributed by atoms with Crippen molar-refractivity contribution in [2.24, 2.45) is 0 Å². The second kappa shape index (κ2) is 6.74. The molecule has 0 spiro atoms. The lowest BCUT2D eigenvalue weighted by atomic mass is 10.1. The minimum Gasteiger partial charge on any atom is -0.491 e. The number of hydrogen-bond donors (Lipinski definition) is 1. The van der Waals surface area contributed by atoms with Crippen molar-refractivity contribution in [3.05, 3.63) is 65.2 Å². The van der Waals surface area contributed by atoms with Gasteiger partial charge in [0.15, 0.2) is 0 Å². The molecule has 124 valence electrons. The molecule has 2 amide bonds. The van der Waals surface area contributed by atoms with Crippen molar-refractivity contribution in [2.75, 3.05) is 13.7 Å². The molecular weight excluding hydrogens is 304 g/mol. The molecule has 5 nitrogen and oxygen atoms in total. The molecule has 2 aromatic carbocycles. The summed E-state index contributed by atoms with van der Waals surface area (Å²) in [7, 11) is 1.59. The molecule has 3 rings (SSSR count). The Morgan fingerprint density at radius 1 is 1.12 bits per heavy atom. The Balaban J connectivity index is 1.89. The summed E-state index contributed by atoms with van der Waals surface area (Å²) in [5.41, 5.74) is 2.11. The van der Waals surface area contributed by atoms with Crippen molar-refractivity contribution in [3.8, 4) is 5.75 Å². The van der Waals surface area contributed by atoms with Crippen LogP contribution in [0.1, 0.15) is 33.2 Å². The van der Waals surface area contributed by atoms with Crippen LogP contribution in [-0.2, 0) is 6.54 Å². The molecular formula is C19H20N2O3. The van der Waals surface area contributed by atoms with Crippen molar-refractivity contribution in [1.29, 1.82) is 0 Å². The summed E-state index contributed by atoms with van der Waals surface area (Å²) in [6.45, 7) is 2.81. The number of ether oxygens (including phenoxy) is 1. The lowest BCUT2D eigenvalue weighted by Crippen LogP contribution is -2.39. The number of fused-ring (bicyclic) bond motifs is 1. The van der Waals surface area contributed by atoms with Gasteiger partial charge in [-0.05, 0) is 31.2 Å². The minimum atomic E-state index is -0.157. The molecule has 1 aliphatic heterocycles. The van der Waals surface area contributed by atoms with Crippen LogP contribution in [-0.4, -0.2) is 36.4 Å². The van der Waals surface area contributed by atoms with Crippen molar-refractivity contribution in [1.82, 2.24) is 10.2 Å². The molecule has 5 heteroatoms. The second-order valence-electron chi connectivity index (χ2n) is 5.86. The van der Waals surface area contributed by atoms with Crippen LogP contribution >= 0.6 is 0 Å². The molecule has 1 aliphatic rings. The zero-order valence-corrected chi connectivity index (χ0v) is 13.8. The molecule has 2 aromatic rings. The Kier molecular flexibility index (Phi) is 4.51. The van der Waals surface area contributed by atoms with Gasteiger partial charge >= 0.3 is 0 Å². The van der Waals surface area contributed by atoms with Crippen LogP contribution in [0.25, 0.3) is 0 Å². The van der Waals surface area contributed by atoms with Gasteiger partial charge in [0.25, 0.3) is 11.8 Å². The zero-order valence-electron chi connectivity index (χ0n) is 13.8. The van der Waals surface area contributed by atoms with E-state index < -0.39 is 0 Å². The summed E-state index contributed by atoms with van der Waals surface area (Å²) >= 11 is 0. The second-order valence-corrected chi connectivity index (χ2v) is 5.86. The topological polar surface area (TPSA) is 58.6 Å². The minimum absolute atomic E-state index is 0.0186. The van der Waals surface area contributed by atoms with Crippen molar-refractivity contribution >= 4 is 11.8 Å². The van der Waals surface area contributed by atoms with Gasteiger partial charge in [-0.1, -0.05) is 24.3 Å². The van der Waals surface area contributed by atoms with Gasteiger partial charge in [0, 0.05) is 23.7 Å². The number of carbonyl (C=O) groups is 2. The van der Waals surface area contributed by atoms with Crippen LogP contribution < -0.4 is 10.1 Å². The highest BCUT2D eigenvalue weighted by Crippen LogP contribution is 2.27. The maximum atomic E-state index is 12.8. The third-order valence-corrected chi connectivity index (χ3v) is 4.19. The number of rotatable bonds is 2. The van der Waals surface area contributed by atoms with Crippen LogP contribution in [0.4, 0.5) is 0 Å². The number of carbonyl (C=O) groups excluding carboxylic acids is 2. The highest BCUT2D eigenvalue weighted by molar-refractivity contribution is 5.95. The number of nitrogens with zero attached hydrogens (tertiary/aromatic N) is 1. The third-order valence-electron chi connectivity index (χ3n) is 4.19. The number of benzene rings is 2. The Labute approximate surface area is 141 Å². The van der Waals surface area contributed by atoms with E-state index in [9.17, 15) is 9.59 Å². The molecule has 0 aliphatic carbocycles. The van der Waals surface area contributed by atoms with Crippen molar-refractivity contribution in [2.45, 2.75) is 19.5 Å². The highest BCUT2D eigenvalue weighted by atomic mass is 16.5. The third kappa shape index (κ3) is 3.11. The van der Waals surface area contributed by atoms with E-state index in [2.05, 4.69) is 5.32 Å². The van der Waals surface area contributed by atoms with Crippen LogP contribution in [0.5, 0.6) is 5.75 Å². The first-order valence-corrected chi connectivity index (χ1v) is 7.94. The van der Waals surface area contributed by atoms with Gasteiger partial charge in [-0.3, -0.25) is 9.59 Å². The van der Waals surface area contributed by atoms with E-state index in [1.165, 1.54) is 0 Å². The molecule has 1 atom stereocenters. The Bertz CT molecular complexity index is 758. The molecule has 1 heterocycles. The van der Waals surface area contributed by atoms with Gasteiger partial charge in [0.05, 0.1) is 12.6 Å². The SMILES string of the molecule is CNC(=O)c1ccc2c(c1)OC[C@H](C)N(C(=O)c1ccccc1)C2. The Morgan fingerprint density at radius 2 is 1.88 bits per heavy atom. The summed E-state index contributed by atoms with van der Waals surface area (Å²) in [6.07, 6.45) is 0. The maximum absolute atomic E-state index is 12.8. The van der Waals surface area contributed by atoms with Gasteiger partial charge in [0.2, 0.25) is 0 Å². The van der Waals surface area contributed by atoms with Gasteiger partial charge in [-0.25, -0.2) is 0 Å². The first-order valence-electron chi connectivity index (χ1n) is 7.94. The van der Waals surface area contributed by atoms with Gasteiger partial charge in [0.1, 0.15) is 12.4 Å². The van der Waals surface area contributed by atoms with E-state index in [1.54, 1.807) is 24.1 Å². The molecule has 0 unspecified atom stereocenters. The monoisotopic (exact) mass is 324 g/mol. The quantitative estimate of drug-likeness (QED) is 0.923. The lowest BCUT2D eigenvalue weighted by molar-refractivity contribution is 0.0645. The van der Waals surface area contributed by atoms with Gasteiger partial charge in [-0.2, -0.15) is 0 Å². The summed E-state index contributed by atoms with van der Waals surface area (Å²) < 4.78 is 5.84. The standard InChI is InChI=1S/C19H20N2O3/c1-13-12-24-17-10-15(18(22)20-2)8-9-16(17)11-21(13)19(23)14-6-4-3-5-7-14/h3-10,13H,11-12H2,1-2H3,(H,20,22)/t13-/m0/s1. The van der Waals surface area contributed by atoms with E-state index in [1.807, 2.05) is 43.3 Å². The Hall–Kier alpha value is -2.82. The fourth-order valence-electron chi connectivity index (χ4n) is 2.76. The van der Waals surface area contributed by atoms with Crippen LogP contribution in [0.15, 0.2) is 48.5 Å². The maximum Gasteiger partial charge on any atom is 0.254 e. The molecule has 0 saturated carbocycles. The van der Waals surface area contributed by atoms with Crippen LogP contribution in [0.2, 0.25) is 0 Å². The predicted molar refractivity (Wildman–Crippen MR) is 91.1 cm³/mol. The van der Waals surface area contributed by atoms with E-state index in [-0.39, 0.29) is 17.9 Å². The fraction of sp³-hybridized carbons (Fsp3) is 0.263. The molecule has 0 fully saturated rings. The molecule has 1 N–H and O–H groups in total. The largest absolute Gasteiger partial charge is 0.491 e. The molecule has 0 aromatic heterocycles. The van der Waals surface area contributed by atoms with Crippen molar-refractivity contribution < 1.29 is 14.3 Å². The van der Waals surface area contributed by atoms with Crippen molar-refractivity contribution in [3.63, 3.8) is 0 Å². The number of nitrogens with one attached hydrogen (secondary N) is 1. The Morgan fingerprint density at radius 3 is 2.58 bits per heavy atom. The molecule has 0 bridgehead atoms. The zero-order chi connectivity index (χ0) is 17.1. The summed E-state index contributed by atoms with van der Waals surface area (Å²) in [5.74, 6) is 0.483. The average molecular weight is 324 g/mol. The molecule has 24 heavy (non-hydrogen) atoms. The fourth-order valence-corrected chi connectivity index (χ4v) is 2.76. The summed E-state index contributed by atoms with van der Waals surface area (Å²) in [5, 5.41) is 2.60. The first kappa shape index (κ1) is 16.1. The van der Waals surface area contributed by atoms with Gasteiger partial charge in [-0.15, -0.1) is 0 Å². The highest BCUT2D eigenvalue weighted by Gasteiger charge is 2.26. The van der Waals surface area contributed by atoms with Gasteiger partial charge < -0.3 is 15.0 Å². The predicted octanol–water partition coefficient (Wildman–Crippen LogP) is 2.47. The van der Waals surface area contributed by atoms with E-state index in [0.29, 0.717) is 30.0 Å². The normalized spacial score (nSPS) is 16.6. The summed E-state index contributed by atoms with van der Waals surface area (Å²) in [4.78, 5) is 26.4. The van der Waals surface area contributed by atoms with E-state index in [0.717, 1.165) is 5.56 Å².